The summed E-state index contributed by atoms with van der Waals surface area (Å²) in [6.45, 7) is 4.37. The third-order valence-electron chi connectivity index (χ3n) is 1.81. The summed E-state index contributed by atoms with van der Waals surface area (Å²) in [7, 11) is 0. The van der Waals surface area contributed by atoms with E-state index in [2.05, 4.69) is 0 Å². The van der Waals surface area contributed by atoms with Gasteiger partial charge in [0.05, 0.1) is 6.61 Å². The fraction of sp³-hybridized carbons (Fsp3) is 0.455. The fourth-order valence-electron chi connectivity index (χ4n) is 0.989. The van der Waals surface area contributed by atoms with Gasteiger partial charge >= 0.3 is 0 Å². The van der Waals surface area contributed by atoms with E-state index in [-0.39, 0.29) is 11.4 Å². The first kappa shape index (κ1) is 11.0. The molecular weight excluding hydrogens is 181 g/mol. The minimum Gasteiger partial charge on any atom is -0.493 e. The van der Waals surface area contributed by atoms with E-state index in [1.807, 2.05) is 13.8 Å². The highest BCUT2D eigenvalue weighted by Gasteiger charge is 2.10. The molecule has 0 atom stereocenters. The lowest BCUT2D eigenvalue weighted by atomic mass is 10.0. The van der Waals surface area contributed by atoms with Gasteiger partial charge in [-0.25, -0.2) is 4.39 Å². The van der Waals surface area contributed by atoms with E-state index >= 15 is 0 Å². The number of hydrogen-bond acceptors (Lipinski definition) is 2. The Hall–Kier alpha value is -1.09. The Morgan fingerprint density at radius 2 is 2.14 bits per heavy atom. The predicted molar refractivity (Wildman–Crippen MR) is 54.8 cm³/mol. The second kappa shape index (κ2) is 4.42. The van der Waals surface area contributed by atoms with Gasteiger partial charge in [-0.15, -0.1) is 0 Å². The molecule has 0 aliphatic carbocycles. The van der Waals surface area contributed by atoms with Crippen molar-refractivity contribution in [3.05, 3.63) is 30.1 Å². The molecule has 14 heavy (non-hydrogen) atoms. The molecule has 1 aromatic carbocycles. The van der Waals surface area contributed by atoms with Gasteiger partial charge in [0.1, 0.15) is 11.6 Å². The van der Waals surface area contributed by atoms with Crippen LogP contribution >= 0.6 is 0 Å². The van der Waals surface area contributed by atoms with E-state index in [1.165, 1.54) is 12.1 Å². The zero-order valence-corrected chi connectivity index (χ0v) is 8.59. The summed E-state index contributed by atoms with van der Waals surface area (Å²) in [6.07, 6.45) is 0.740. The lowest BCUT2D eigenvalue weighted by molar-refractivity contribution is 0.273. The van der Waals surface area contributed by atoms with Gasteiger partial charge in [-0.2, -0.15) is 0 Å². The van der Waals surface area contributed by atoms with Crippen molar-refractivity contribution < 1.29 is 9.13 Å². The third-order valence-corrected chi connectivity index (χ3v) is 1.81. The molecule has 2 N–H and O–H groups in total. The van der Waals surface area contributed by atoms with Gasteiger partial charge in [0.2, 0.25) is 0 Å². The highest BCUT2D eigenvalue weighted by Crippen LogP contribution is 2.13. The molecule has 0 aliphatic heterocycles. The molecule has 0 unspecified atom stereocenters. The number of halogens is 1. The molecule has 0 bridgehead atoms. The highest BCUT2D eigenvalue weighted by molar-refractivity contribution is 5.22. The van der Waals surface area contributed by atoms with E-state index < -0.39 is 0 Å². The van der Waals surface area contributed by atoms with Crippen LogP contribution in [0.1, 0.15) is 20.3 Å². The van der Waals surface area contributed by atoms with E-state index in [9.17, 15) is 4.39 Å². The molecule has 1 aromatic rings. The minimum atomic E-state index is -0.283. The maximum Gasteiger partial charge on any atom is 0.126 e. The quantitative estimate of drug-likeness (QED) is 0.804. The van der Waals surface area contributed by atoms with Crippen LogP contribution in [0.2, 0.25) is 0 Å². The molecule has 0 radical (unpaired) electrons. The molecule has 1 rings (SSSR count). The summed E-state index contributed by atoms with van der Waals surface area (Å²) in [5.74, 6) is 0.267. The number of ether oxygens (including phenoxy) is 1. The molecule has 3 heteroatoms. The second-order valence-corrected chi connectivity index (χ2v) is 4.04. The molecule has 0 spiro atoms. The number of benzene rings is 1. The van der Waals surface area contributed by atoms with Crippen LogP contribution in [-0.2, 0) is 0 Å². The maximum atomic E-state index is 12.7. The average Bonchev–Trinajstić information content (AvgIpc) is 2.01. The Labute approximate surface area is 83.9 Å². The summed E-state index contributed by atoms with van der Waals surface area (Å²) in [6, 6.07) is 6.11. The third kappa shape index (κ3) is 4.23. The van der Waals surface area contributed by atoms with E-state index in [0.717, 1.165) is 6.42 Å². The lowest BCUT2D eigenvalue weighted by Crippen LogP contribution is -2.33. The second-order valence-electron chi connectivity index (χ2n) is 4.04. The van der Waals surface area contributed by atoms with Crippen LogP contribution in [0.15, 0.2) is 24.3 Å². The van der Waals surface area contributed by atoms with Gasteiger partial charge in [-0.05, 0) is 32.4 Å². The Morgan fingerprint density at radius 3 is 2.71 bits per heavy atom. The first-order valence-corrected chi connectivity index (χ1v) is 4.65. The fourth-order valence-corrected chi connectivity index (χ4v) is 0.989. The zero-order chi connectivity index (χ0) is 10.6. The summed E-state index contributed by atoms with van der Waals surface area (Å²) >= 11 is 0. The van der Waals surface area contributed by atoms with Crippen molar-refractivity contribution in [1.82, 2.24) is 0 Å². The van der Waals surface area contributed by atoms with Crippen molar-refractivity contribution in [1.29, 1.82) is 0 Å². The summed E-state index contributed by atoms with van der Waals surface area (Å²) < 4.78 is 18.1. The lowest BCUT2D eigenvalue weighted by Gasteiger charge is -2.18. The molecule has 0 fully saturated rings. The van der Waals surface area contributed by atoms with Crippen LogP contribution in [0.5, 0.6) is 5.75 Å². The summed E-state index contributed by atoms with van der Waals surface area (Å²) in [5, 5.41) is 0. The maximum absolute atomic E-state index is 12.7. The molecule has 0 saturated heterocycles. The Morgan fingerprint density at radius 1 is 1.43 bits per heavy atom. The number of rotatable bonds is 4. The number of hydrogen-bond donors (Lipinski definition) is 1. The van der Waals surface area contributed by atoms with Gasteiger partial charge in [0.15, 0.2) is 0 Å². The molecule has 0 saturated carbocycles. The Kier molecular flexibility index (Phi) is 3.47. The van der Waals surface area contributed by atoms with Crippen molar-refractivity contribution >= 4 is 0 Å². The average molecular weight is 197 g/mol. The normalized spacial score (nSPS) is 11.4. The van der Waals surface area contributed by atoms with Crippen molar-refractivity contribution in [2.24, 2.45) is 5.73 Å². The molecule has 0 heterocycles. The monoisotopic (exact) mass is 197 g/mol. The van der Waals surface area contributed by atoms with Crippen LogP contribution in [0.3, 0.4) is 0 Å². The number of nitrogens with two attached hydrogens (primary N) is 1. The van der Waals surface area contributed by atoms with E-state index in [0.29, 0.717) is 12.4 Å². The van der Waals surface area contributed by atoms with Gasteiger partial charge in [0.25, 0.3) is 0 Å². The smallest absolute Gasteiger partial charge is 0.126 e. The van der Waals surface area contributed by atoms with Crippen LogP contribution < -0.4 is 10.5 Å². The van der Waals surface area contributed by atoms with E-state index in [1.54, 1.807) is 12.1 Å². The summed E-state index contributed by atoms with van der Waals surface area (Å²) in [5.41, 5.74) is 5.53. The Balaban J connectivity index is 2.39. The first-order chi connectivity index (χ1) is 6.47. The van der Waals surface area contributed by atoms with Gasteiger partial charge < -0.3 is 10.5 Å². The van der Waals surface area contributed by atoms with E-state index in [4.69, 9.17) is 10.5 Å². The van der Waals surface area contributed by atoms with Crippen molar-refractivity contribution in [2.45, 2.75) is 25.8 Å². The minimum absolute atomic E-state index is 0.243. The molecule has 0 aromatic heterocycles. The SMILES string of the molecule is CC(C)(N)CCOc1cccc(F)c1. The van der Waals surface area contributed by atoms with Crippen molar-refractivity contribution in [3.8, 4) is 5.75 Å². The Bertz CT molecular complexity index is 294. The topological polar surface area (TPSA) is 35.2 Å². The van der Waals surface area contributed by atoms with Crippen LogP contribution in [0.4, 0.5) is 4.39 Å². The molecule has 0 aliphatic rings. The highest BCUT2D eigenvalue weighted by atomic mass is 19.1. The van der Waals surface area contributed by atoms with Gasteiger partial charge in [-0.1, -0.05) is 6.07 Å². The summed E-state index contributed by atoms with van der Waals surface area (Å²) in [4.78, 5) is 0. The first-order valence-electron chi connectivity index (χ1n) is 4.65. The largest absolute Gasteiger partial charge is 0.493 e. The van der Waals surface area contributed by atoms with Gasteiger partial charge in [0, 0.05) is 11.6 Å². The van der Waals surface area contributed by atoms with Crippen molar-refractivity contribution in [3.63, 3.8) is 0 Å². The zero-order valence-electron chi connectivity index (χ0n) is 8.59. The van der Waals surface area contributed by atoms with Crippen LogP contribution in [0.25, 0.3) is 0 Å². The molecular formula is C11H16FNO. The van der Waals surface area contributed by atoms with Crippen LogP contribution in [-0.4, -0.2) is 12.1 Å². The molecule has 2 nitrogen and oxygen atoms in total. The standard InChI is InChI=1S/C11H16FNO/c1-11(2,13)6-7-14-10-5-3-4-9(12)8-10/h3-5,8H,6-7,13H2,1-2H3. The molecule has 0 amide bonds. The van der Waals surface area contributed by atoms with Crippen molar-refractivity contribution in [2.75, 3.05) is 6.61 Å². The molecule has 78 valence electrons. The predicted octanol–water partition coefficient (Wildman–Crippen LogP) is 2.33. The van der Waals surface area contributed by atoms with Gasteiger partial charge in [-0.3, -0.25) is 0 Å². The van der Waals surface area contributed by atoms with Crippen LogP contribution in [0, 0.1) is 5.82 Å².